The lowest BCUT2D eigenvalue weighted by atomic mass is 10.0. The van der Waals surface area contributed by atoms with Crippen LogP contribution in [0.25, 0.3) is 5.69 Å². The van der Waals surface area contributed by atoms with E-state index in [1.165, 1.54) is 5.56 Å². The summed E-state index contributed by atoms with van der Waals surface area (Å²) in [6.07, 6.45) is 4.34. The largest absolute Gasteiger partial charge is 0.494 e. The van der Waals surface area contributed by atoms with Crippen LogP contribution in [-0.4, -0.2) is 52.2 Å². The van der Waals surface area contributed by atoms with E-state index in [4.69, 9.17) is 9.84 Å². The number of nitrogens with zero attached hydrogens (tertiary/aromatic N) is 3. The van der Waals surface area contributed by atoms with Crippen LogP contribution >= 0.6 is 0 Å². The number of hydrogen-bond donors (Lipinski definition) is 1. The van der Waals surface area contributed by atoms with Gasteiger partial charge in [-0.3, -0.25) is 9.59 Å². The molecule has 2 aromatic carbocycles. The first-order chi connectivity index (χ1) is 17.0. The standard InChI is InChI=1S/C28H32N4O3/c1-3-35-23-13-9-20(10-14-23)28(34)31-17-15-21(16-18-31)29-27(33)26-24-5-4-6-25(24)32(30-26)22-11-7-19(2)8-12-22/h7-14,21H,3-6,15-18H2,1-2H3,(H,29,33). The Bertz CT molecular complexity index is 1210. The summed E-state index contributed by atoms with van der Waals surface area (Å²) in [7, 11) is 0. The number of likely N-dealkylation sites (tertiary alicyclic amines) is 1. The number of carbonyl (C=O) groups excluding carboxylic acids is 2. The van der Waals surface area contributed by atoms with Crippen LogP contribution in [0.2, 0.25) is 0 Å². The third-order valence-corrected chi connectivity index (χ3v) is 6.95. The van der Waals surface area contributed by atoms with Gasteiger partial charge in [-0.1, -0.05) is 17.7 Å². The molecule has 2 aliphatic rings. The van der Waals surface area contributed by atoms with Gasteiger partial charge in [-0.05, 0) is 82.3 Å². The predicted molar refractivity (Wildman–Crippen MR) is 134 cm³/mol. The van der Waals surface area contributed by atoms with Crippen molar-refractivity contribution >= 4 is 11.8 Å². The van der Waals surface area contributed by atoms with Crippen LogP contribution in [0.5, 0.6) is 5.75 Å². The van der Waals surface area contributed by atoms with E-state index in [9.17, 15) is 9.59 Å². The number of aromatic nitrogens is 2. The Hall–Kier alpha value is -3.61. The van der Waals surface area contributed by atoms with E-state index in [2.05, 4.69) is 36.5 Å². The first-order valence-electron chi connectivity index (χ1n) is 12.5. The summed E-state index contributed by atoms with van der Waals surface area (Å²) in [6, 6.07) is 15.6. The molecular weight excluding hydrogens is 440 g/mol. The van der Waals surface area contributed by atoms with Crippen LogP contribution in [0.4, 0.5) is 0 Å². The van der Waals surface area contributed by atoms with Crippen molar-refractivity contribution in [3.63, 3.8) is 0 Å². The van der Waals surface area contributed by atoms with Gasteiger partial charge in [-0.2, -0.15) is 5.10 Å². The molecule has 7 nitrogen and oxygen atoms in total. The molecule has 2 amide bonds. The number of benzene rings is 2. The molecule has 0 atom stereocenters. The van der Waals surface area contributed by atoms with Gasteiger partial charge < -0.3 is 15.0 Å². The maximum absolute atomic E-state index is 13.2. The van der Waals surface area contributed by atoms with E-state index < -0.39 is 0 Å². The van der Waals surface area contributed by atoms with Crippen molar-refractivity contribution in [3.05, 3.63) is 76.6 Å². The molecular formula is C28H32N4O3. The topological polar surface area (TPSA) is 76.5 Å². The molecule has 0 radical (unpaired) electrons. The Morgan fingerprint density at radius 1 is 1.03 bits per heavy atom. The fraction of sp³-hybridized carbons (Fsp3) is 0.393. The maximum Gasteiger partial charge on any atom is 0.272 e. The summed E-state index contributed by atoms with van der Waals surface area (Å²) in [5.74, 6) is 0.680. The van der Waals surface area contributed by atoms with Crippen LogP contribution in [0.1, 0.15) is 63.9 Å². The minimum Gasteiger partial charge on any atom is -0.494 e. The van der Waals surface area contributed by atoms with E-state index in [1.54, 1.807) is 0 Å². The van der Waals surface area contributed by atoms with Crippen molar-refractivity contribution in [2.45, 2.75) is 52.0 Å². The molecule has 0 saturated carbocycles. The number of fused-ring (bicyclic) bond motifs is 1. The molecule has 2 heterocycles. The lowest BCUT2D eigenvalue weighted by molar-refractivity contribution is 0.0697. The van der Waals surface area contributed by atoms with Crippen LogP contribution in [-0.2, 0) is 12.8 Å². The van der Waals surface area contributed by atoms with E-state index >= 15 is 0 Å². The quantitative estimate of drug-likeness (QED) is 0.586. The molecule has 1 N–H and O–H groups in total. The van der Waals surface area contributed by atoms with Crippen LogP contribution in [0.3, 0.4) is 0 Å². The van der Waals surface area contributed by atoms with Crippen LogP contribution < -0.4 is 10.1 Å². The highest BCUT2D eigenvalue weighted by atomic mass is 16.5. The molecule has 5 rings (SSSR count). The summed E-state index contributed by atoms with van der Waals surface area (Å²) in [5, 5.41) is 7.92. The molecule has 1 aliphatic heterocycles. The molecule has 1 aromatic heterocycles. The van der Waals surface area contributed by atoms with Gasteiger partial charge in [0.05, 0.1) is 12.3 Å². The van der Waals surface area contributed by atoms with Crippen molar-refractivity contribution in [1.82, 2.24) is 20.0 Å². The molecule has 1 aliphatic carbocycles. The maximum atomic E-state index is 13.2. The molecule has 1 saturated heterocycles. The minimum atomic E-state index is -0.106. The molecule has 0 spiro atoms. The Balaban J connectivity index is 1.21. The SMILES string of the molecule is CCOc1ccc(C(=O)N2CCC(NC(=O)c3nn(-c4ccc(C)cc4)c4c3CCC4)CC2)cc1. The van der Waals surface area contributed by atoms with Crippen molar-refractivity contribution in [3.8, 4) is 11.4 Å². The number of ether oxygens (including phenoxy) is 1. The average Bonchev–Trinajstić information content (AvgIpc) is 3.49. The van der Waals surface area contributed by atoms with E-state index in [0.717, 1.165) is 54.8 Å². The third-order valence-electron chi connectivity index (χ3n) is 6.95. The second-order valence-corrected chi connectivity index (χ2v) is 9.37. The second kappa shape index (κ2) is 9.94. The zero-order valence-corrected chi connectivity index (χ0v) is 20.4. The third kappa shape index (κ3) is 4.81. The van der Waals surface area contributed by atoms with Crippen LogP contribution in [0, 0.1) is 6.92 Å². The predicted octanol–water partition coefficient (Wildman–Crippen LogP) is 4.10. The summed E-state index contributed by atoms with van der Waals surface area (Å²) >= 11 is 0. The molecule has 3 aromatic rings. The zero-order chi connectivity index (χ0) is 24.4. The van der Waals surface area contributed by atoms with Crippen molar-refractivity contribution in [1.29, 1.82) is 0 Å². The Morgan fingerprint density at radius 2 is 1.74 bits per heavy atom. The number of nitrogens with one attached hydrogen (secondary N) is 1. The lowest BCUT2D eigenvalue weighted by Gasteiger charge is -2.32. The van der Waals surface area contributed by atoms with Gasteiger partial charge in [0.2, 0.25) is 0 Å². The van der Waals surface area contributed by atoms with Gasteiger partial charge in [-0.15, -0.1) is 0 Å². The number of hydrogen-bond acceptors (Lipinski definition) is 4. The molecule has 1 fully saturated rings. The van der Waals surface area contributed by atoms with Gasteiger partial charge in [0.25, 0.3) is 11.8 Å². The highest BCUT2D eigenvalue weighted by Gasteiger charge is 2.30. The summed E-state index contributed by atoms with van der Waals surface area (Å²) in [5.41, 5.74) is 5.62. The highest BCUT2D eigenvalue weighted by molar-refractivity contribution is 5.95. The van der Waals surface area contributed by atoms with Gasteiger partial charge in [0.1, 0.15) is 5.75 Å². The monoisotopic (exact) mass is 472 g/mol. The number of amides is 2. The summed E-state index contributed by atoms with van der Waals surface area (Å²) in [6.45, 7) is 5.83. The fourth-order valence-corrected chi connectivity index (χ4v) is 5.04. The molecule has 0 bridgehead atoms. The average molecular weight is 473 g/mol. The van der Waals surface area contributed by atoms with Gasteiger partial charge in [-0.25, -0.2) is 4.68 Å². The molecule has 0 unspecified atom stereocenters. The zero-order valence-electron chi connectivity index (χ0n) is 20.4. The molecule has 35 heavy (non-hydrogen) atoms. The van der Waals surface area contributed by atoms with Crippen molar-refractivity contribution in [2.75, 3.05) is 19.7 Å². The Kier molecular flexibility index (Phi) is 6.57. The first kappa shape index (κ1) is 23.1. The van der Waals surface area contributed by atoms with Gasteiger partial charge in [0, 0.05) is 36.0 Å². The van der Waals surface area contributed by atoms with Gasteiger partial charge >= 0.3 is 0 Å². The lowest BCUT2D eigenvalue weighted by Crippen LogP contribution is -2.46. The fourth-order valence-electron chi connectivity index (χ4n) is 5.04. The normalized spacial score (nSPS) is 15.7. The summed E-state index contributed by atoms with van der Waals surface area (Å²) < 4.78 is 7.40. The number of rotatable bonds is 6. The molecule has 182 valence electrons. The Labute approximate surface area is 206 Å². The van der Waals surface area contributed by atoms with Gasteiger partial charge in [0.15, 0.2) is 5.69 Å². The first-order valence-corrected chi connectivity index (χ1v) is 12.5. The number of aryl methyl sites for hydroxylation is 1. The van der Waals surface area contributed by atoms with Crippen molar-refractivity contribution in [2.24, 2.45) is 0 Å². The van der Waals surface area contributed by atoms with E-state index in [-0.39, 0.29) is 17.9 Å². The van der Waals surface area contributed by atoms with E-state index in [0.29, 0.717) is 31.0 Å². The van der Waals surface area contributed by atoms with E-state index in [1.807, 2.05) is 40.8 Å². The molecule has 7 heteroatoms. The minimum absolute atomic E-state index is 0.0208. The van der Waals surface area contributed by atoms with Crippen LogP contribution in [0.15, 0.2) is 48.5 Å². The number of carbonyl (C=O) groups is 2. The highest BCUT2D eigenvalue weighted by Crippen LogP contribution is 2.28. The van der Waals surface area contributed by atoms with Crippen molar-refractivity contribution < 1.29 is 14.3 Å². The summed E-state index contributed by atoms with van der Waals surface area (Å²) in [4.78, 5) is 28.0. The second-order valence-electron chi connectivity index (χ2n) is 9.37. The smallest absolute Gasteiger partial charge is 0.272 e. The number of piperidine rings is 1. The Morgan fingerprint density at radius 3 is 2.43 bits per heavy atom.